The van der Waals surface area contributed by atoms with Gasteiger partial charge in [0, 0.05) is 0 Å². The van der Waals surface area contributed by atoms with Crippen molar-refractivity contribution in [1.82, 2.24) is 19.5 Å². The zero-order valence-corrected chi connectivity index (χ0v) is 33.6. The van der Waals surface area contributed by atoms with Crippen LogP contribution >= 0.6 is 0 Å². The van der Waals surface area contributed by atoms with Gasteiger partial charge in [-0.1, -0.05) is 62.3 Å². The predicted octanol–water partition coefficient (Wildman–Crippen LogP) is 6.69. The molecule has 2 aromatic rings. The van der Waals surface area contributed by atoms with Gasteiger partial charge in [0.1, 0.15) is 25.6 Å². The maximum atomic E-state index is 9.29. The maximum absolute atomic E-state index is 9.29. The first-order valence-corrected chi connectivity index (χ1v) is 24.7. The number of hydrogen-bond donors (Lipinski definition) is 1. The van der Waals surface area contributed by atoms with E-state index in [0.717, 1.165) is 0 Å². The molecule has 0 amide bonds. The molecule has 0 aromatic carbocycles. The second kappa shape index (κ2) is 14.3. The lowest BCUT2D eigenvalue weighted by Gasteiger charge is -2.38. The highest BCUT2D eigenvalue weighted by atomic mass is 28.4. The van der Waals surface area contributed by atoms with E-state index in [2.05, 4.69) is 117 Å². The molecule has 0 radical (unpaired) electrons. The first kappa shape index (κ1) is 39.1. The molecule has 1 fully saturated rings. The van der Waals surface area contributed by atoms with Crippen molar-refractivity contribution in [2.45, 2.75) is 141 Å². The molecular formula is C30H58N4O9Si3. The fourth-order valence-electron chi connectivity index (χ4n) is 3.52. The van der Waals surface area contributed by atoms with Gasteiger partial charge in [-0.15, -0.1) is 0 Å². The molecule has 4 atom stereocenters. The van der Waals surface area contributed by atoms with Crippen LogP contribution in [0.3, 0.4) is 0 Å². The molecule has 46 heavy (non-hydrogen) atoms. The van der Waals surface area contributed by atoms with Crippen molar-refractivity contribution in [2.24, 2.45) is 0 Å². The summed E-state index contributed by atoms with van der Waals surface area (Å²) in [5.41, 5.74) is 0.872. The van der Waals surface area contributed by atoms with Gasteiger partial charge < -0.3 is 14.6 Å². The number of ether oxygens (including phenoxy) is 2. The van der Waals surface area contributed by atoms with Crippen LogP contribution in [0.1, 0.15) is 68.5 Å². The lowest BCUT2D eigenvalue weighted by Crippen LogP contribution is -2.48. The summed E-state index contributed by atoms with van der Waals surface area (Å²) in [4.78, 5) is 31.9. The lowest BCUT2D eigenvalue weighted by atomic mass is 10.1. The molecule has 1 saturated heterocycles. The van der Waals surface area contributed by atoms with Crippen molar-refractivity contribution in [2.75, 3.05) is 19.8 Å². The topological polar surface area (TPSA) is 138 Å². The van der Waals surface area contributed by atoms with Crippen molar-refractivity contribution in [3.8, 4) is 5.88 Å². The Hall–Kier alpha value is -1.32. The minimum atomic E-state index is -2.39. The molecule has 3 heterocycles. The Labute approximate surface area is 277 Å². The lowest BCUT2D eigenvalue weighted by molar-refractivity contribution is -0.338. The van der Waals surface area contributed by atoms with Crippen LogP contribution in [0, 0.1) is 0 Å². The summed E-state index contributed by atoms with van der Waals surface area (Å²) >= 11 is 0. The number of aliphatic hydroxyl groups excluding tert-OH is 1. The van der Waals surface area contributed by atoms with E-state index in [1.165, 1.54) is 6.33 Å². The van der Waals surface area contributed by atoms with E-state index in [0.29, 0.717) is 11.2 Å². The van der Waals surface area contributed by atoms with Gasteiger partial charge >= 0.3 is 0 Å². The van der Waals surface area contributed by atoms with Crippen LogP contribution in [-0.4, -0.2) is 87.7 Å². The third-order valence-corrected chi connectivity index (χ3v) is 22.3. The molecule has 0 spiro atoms. The highest BCUT2D eigenvalue weighted by Gasteiger charge is 2.53. The van der Waals surface area contributed by atoms with Gasteiger partial charge in [-0.05, 0) is 54.4 Å². The molecule has 0 bridgehead atoms. The molecule has 0 unspecified atom stereocenters. The number of fused-ring (bicyclic) bond motifs is 1. The van der Waals surface area contributed by atoms with Crippen molar-refractivity contribution < 1.29 is 43.0 Å². The van der Waals surface area contributed by atoms with Gasteiger partial charge in [-0.2, -0.15) is 4.98 Å². The molecule has 0 aliphatic carbocycles. The normalized spacial score (nSPS) is 22.2. The molecular weight excluding hydrogens is 645 g/mol. The maximum Gasteiger partial charge on any atom is 0.245 e. The zero-order chi connectivity index (χ0) is 34.9. The Morgan fingerprint density at radius 3 is 1.80 bits per heavy atom. The van der Waals surface area contributed by atoms with Gasteiger partial charge in [0.15, 0.2) is 29.6 Å². The number of aliphatic hydroxyl groups is 1. The first-order chi connectivity index (χ1) is 20.9. The fraction of sp³-hybridized carbons (Fsp3) is 0.833. The standard InChI is InChI=1S/C30H58N4O9Si3/c1-28(2,3)44(10,11)41-37-18-21-23(39-42-45(12,13)29(4,5)6)24(40-43-46(14,15)30(7,8)9)27(38-21)34-20-33-22-25(34)31-19-32-26(22)36-17-16-35/h19-21,23-24,27,35H,16-18H2,1-15H3/t21-,23-,24-,27-/m1/s1. The van der Waals surface area contributed by atoms with Gasteiger partial charge in [0.2, 0.25) is 30.8 Å². The second-order valence-electron chi connectivity index (χ2n) is 16.6. The molecule has 0 saturated carbocycles. The number of nitrogens with zero attached hydrogens (tertiary/aromatic N) is 4. The molecule has 1 N–H and O–H groups in total. The zero-order valence-electron chi connectivity index (χ0n) is 30.6. The van der Waals surface area contributed by atoms with Crippen molar-refractivity contribution in [3.63, 3.8) is 0 Å². The summed E-state index contributed by atoms with van der Waals surface area (Å²) in [5, 5.41) is 9.00. The third-order valence-electron chi connectivity index (χ3n) is 9.87. The highest BCUT2D eigenvalue weighted by Crippen LogP contribution is 2.43. The van der Waals surface area contributed by atoms with E-state index < -0.39 is 49.5 Å². The predicted molar refractivity (Wildman–Crippen MR) is 182 cm³/mol. The van der Waals surface area contributed by atoms with E-state index in [-0.39, 0.29) is 40.8 Å². The van der Waals surface area contributed by atoms with Crippen LogP contribution in [0.25, 0.3) is 11.2 Å². The quantitative estimate of drug-likeness (QED) is 0.128. The molecule has 1 aliphatic heterocycles. The first-order valence-electron chi connectivity index (χ1n) is 16.0. The van der Waals surface area contributed by atoms with Crippen LogP contribution < -0.4 is 4.74 Å². The second-order valence-corrected chi connectivity index (χ2v) is 30.6. The summed E-state index contributed by atoms with van der Waals surface area (Å²) in [6.07, 6.45) is -0.0703. The van der Waals surface area contributed by atoms with E-state index >= 15 is 0 Å². The Balaban J connectivity index is 2.05. The number of rotatable bonds is 14. The van der Waals surface area contributed by atoms with Crippen LogP contribution in [-0.2, 0) is 33.1 Å². The Morgan fingerprint density at radius 2 is 1.28 bits per heavy atom. The van der Waals surface area contributed by atoms with Crippen LogP contribution in [0.15, 0.2) is 12.7 Å². The smallest absolute Gasteiger partial charge is 0.245 e. The van der Waals surface area contributed by atoms with E-state index in [9.17, 15) is 5.11 Å². The summed E-state index contributed by atoms with van der Waals surface area (Å²) in [7, 11) is -6.98. The van der Waals surface area contributed by atoms with Gasteiger partial charge in [-0.25, -0.2) is 24.6 Å². The summed E-state index contributed by atoms with van der Waals surface area (Å²) < 4.78 is 32.8. The fourth-order valence-corrected chi connectivity index (χ4v) is 5.34. The number of hydrogen-bond acceptors (Lipinski definition) is 12. The third kappa shape index (κ3) is 8.82. The van der Waals surface area contributed by atoms with Crippen molar-refractivity contribution in [1.29, 1.82) is 0 Å². The molecule has 16 heteroatoms. The Bertz CT molecular complexity index is 1290. The van der Waals surface area contributed by atoms with E-state index in [4.69, 9.17) is 37.9 Å². The molecule has 1 aliphatic rings. The highest BCUT2D eigenvalue weighted by molar-refractivity contribution is 6.74. The van der Waals surface area contributed by atoms with Gasteiger partial charge in [-0.3, -0.25) is 18.3 Å². The van der Waals surface area contributed by atoms with Gasteiger partial charge in [0.05, 0.1) is 12.9 Å². The summed E-state index contributed by atoms with van der Waals surface area (Å²) in [6, 6.07) is 0. The van der Waals surface area contributed by atoms with E-state index in [1.807, 2.05) is 0 Å². The van der Waals surface area contributed by atoms with Crippen LogP contribution in [0.4, 0.5) is 0 Å². The Morgan fingerprint density at radius 1 is 0.761 bits per heavy atom. The molecule has 2 aromatic heterocycles. The average Bonchev–Trinajstić information content (AvgIpc) is 3.49. The number of imidazole rings is 1. The van der Waals surface area contributed by atoms with Crippen molar-refractivity contribution >= 4 is 36.1 Å². The largest absolute Gasteiger partial charge is 0.474 e. The molecule has 264 valence electrons. The minimum absolute atomic E-state index is 0.0543. The average molecular weight is 703 g/mol. The van der Waals surface area contributed by atoms with Crippen LogP contribution in [0.2, 0.25) is 54.4 Å². The number of aromatic nitrogens is 4. The molecule has 3 rings (SSSR count). The van der Waals surface area contributed by atoms with Crippen LogP contribution in [0.5, 0.6) is 5.88 Å². The molecule has 13 nitrogen and oxygen atoms in total. The minimum Gasteiger partial charge on any atom is -0.474 e. The van der Waals surface area contributed by atoms with Crippen molar-refractivity contribution in [3.05, 3.63) is 12.7 Å². The summed E-state index contributed by atoms with van der Waals surface area (Å²) in [6.45, 7) is 32.0. The SMILES string of the molecule is CC(C)(C)[Si](C)(C)OOC[C@H]1O[C@@H](n2cnc3c(OCCO)ncnc32)[C@H](OO[Si](C)(C)C(C)(C)C)[C@@H]1OO[Si](C)(C)C(C)(C)C. The monoisotopic (exact) mass is 702 g/mol. The van der Waals surface area contributed by atoms with Gasteiger partial charge in [0.25, 0.3) is 0 Å². The summed E-state index contributed by atoms with van der Waals surface area (Å²) in [5.74, 6) is 0.252. The van der Waals surface area contributed by atoms with E-state index in [1.54, 1.807) is 10.9 Å². The Kier molecular flexibility index (Phi) is 12.1.